The number of hydrogen-bond donors (Lipinski definition) is 1. The molecule has 0 saturated carbocycles. The van der Waals surface area contributed by atoms with Gasteiger partial charge >= 0.3 is 0 Å². The van der Waals surface area contributed by atoms with Gasteiger partial charge in [0.15, 0.2) is 5.54 Å². The van der Waals surface area contributed by atoms with E-state index in [0.29, 0.717) is 23.4 Å². The number of nitrogens with zero attached hydrogens (tertiary/aromatic N) is 3. The highest BCUT2D eigenvalue weighted by atomic mass is 19.1. The third-order valence-corrected chi connectivity index (χ3v) is 6.34. The molecule has 2 aliphatic rings. The minimum Gasteiger partial charge on any atom is -0.507 e. The van der Waals surface area contributed by atoms with E-state index in [0.717, 1.165) is 6.07 Å². The Balaban J connectivity index is 2.06. The zero-order chi connectivity index (χ0) is 24.8. The lowest BCUT2D eigenvalue weighted by Gasteiger charge is -2.35. The number of aliphatic hydroxyl groups is 1. The number of benzene rings is 2. The standard InChI is InChI=1S/C26H26FN3O4/c1-5-12-29-20-9-7-6-8-18(20)26(25(29)34)21(22(31)17-11-10-16(2)19(27)15-17)23(32)24(33)30(26)14-13-28(3)4/h5-11,15,31H,1,12-14H2,2-4H3/b22-21-. The molecule has 7 nitrogen and oxygen atoms in total. The van der Waals surface area contributed by atoms with Crippen LogP contribution in [0.5, 0.6) is 0 Å². The molecule has 2 aromatic rings. The molecular formula is C26H26FN3O4. The number of rotatable bonds is 6. The van der Waals surface area contributed by atoms with Gasteiger partial charge in [-0.15, -0.1) is 6.58 Å². The number of ketones is 1. The number of aryl methyl sites for hydroxylation is 1. The van der Waals surface area contributed by atoms with E-state index < -0.39 is 34.7 Å². The van der Waals surface area contributed by atoms with Crippen LogP contribution in [0.3, 0.4) is 0 Å². The molecular weight excluding hydrogens is 437 g/mol. The van der Waals surface area contributed by atoms with E-state index >= 15 is 0 Å². The monoisotopic (exact) mass is 463 g/mol. The van der Waals surface area contributed by atoms with E-state index in [-0.39, 0.29) is 24.2 Å². The van der Waals surface area contributed by atoms with Gasteiger partial charge in [0.2, 0.25) is 0 Å². The molecule has 1 fully saturated rings. The predicted molar refractivity (Wildman–Crippen MR) is 127 cm³/mol. The summed E-state index contributed by atoms with van der Waals surface area (Å²) in [5.41, 5.74) is -0.921. The number of halogens is 1. The Morgan fingerprint density at radius 3 is 2.53 bits per heavy atom. The molecule has 0 radical (unpaired) electrons. The predicted octanol–water partition coefficient (Wildman–Crippen LogP) is 2.80. The average molecular weight is 464 g/mol. The third-order valence-electron chi connectivity index (χ3n) is 6.34. The highest BCUT2D eigenvalue weighted by Crippen LogP contribution is 2.53. The fourth-order valence-electron chi connectivity index (χ4n) is 4.66. The summed E-state index contributed by atoms with van der Waals surface area (Å²) in [4.78, 5) is 45.3. The van der Waals surface area contributed by atoms with Crippen molar-refractivity contribution in [2.45, 2.75) is 12.5 Å². The molecule has 8 heteroatoms. The highest BCUT2D eigenvalue weighted by Gasteiger charge is 2.66. The van der Waals surface area contributed by atoms with Crippen LogP contribution in [0.15, 0.2) is 60.7 Å². The van der Waals surface area contributed by atoms with Crippen LogP contribution < -0.4 is 4.90 Å². The van der Waals surface area contributed by atoms with E-state index in [1.807, 2.05) is 19.0 Å². The zero-order valence-electron chi connectivity index (χ0n) is 19.3. The van der Waals surface area contributed by atoms with Crippen molar-refractivity contribution in [1.82, 2.24) is 9.80 Å². The lowest BCUT2D eigenvalue weighted by molar-refractivity contribution is -0.143. The summed E-state index contributed by atoms with van der Waals surface area (Å²) in [6, 6.07) is 10.9. The molecule has 4 rings (SSSR count). The summed E-state index contributed by atoms with van der Waals surface area (Å²) >= 11 is 0. The second-order valence-electron chi connectivity index (χ2n) is 8.71. The lowest BCUT2D eigenvalue weighted by atomic mass is 9.82. The van der Waals surface area contributed by atoms with Gasteiger partial charge in [0, 0.05) is 30.8 Å². The Labute approximate surface area is 197 Å². The van der Waals surface area contributed by atoms with Crippen molar-refractivity contribution in [2.24, 2.45) is 0 Å². The van der Waals surface area contributed by atoms with Crippen LogP contribution in [0.2, 0.25) is 0 Å². The first-order valence-corrected chi connectivity index (χ1v) is 10.9. The Kier molecular flexibility index (Phi) is 5.87. The van der Waals surface area contributed by atoms with Crippen molar-refractivity contribution in [3.63, 3.8) is 0 Å². The molecule has 0 aliphatic carbocycles. The number of Topliss-reactive ketones (excluding diaryl/α,β-unsaturated/α-hetero) is 1. The molecule has 1 saturated heterocycles. The minimum absolute atomic E-state index is 0.0144. The molecule has 2 heterocycles. The molecule has 176 valence electrons. The fourth-order valence-corrected chi connectivity index (χ4v) is 4.66. The van der Waals surface area contributed by atoms with Crippen LogP contribution in [0, 0.1) is 12.7 Å². The van der Waals surface area contributed by atoms with E-state index in [4.69, 9.17) is 0 Å². The molecule has 1 unspecified atom stereocenters. The van der Waals surface area contributed by atoms with Gasteiger partial charge in [0.25, 0.3) is 17.6 Å². The van der Waals surface area contributed by atoms with Crippen LogP contribution in [-0.4, -0.2) is 66.2 Å². The van der Waals surface area contributed by atoms with E-state index in [1.54, 1.807) is 37.3 Å². The second-order valence-corrected chi connectivity index (χ2v) is 8.71. The Morgan fingerprint density at radius 2 is 1.88 bits per heavy atom. The van der Waals surface area contributed by atoms with Crippen LogP contribution >= 0.6 is 0 Å². The van der Waals surface area contributed by atoms with Crippen molar-refractivity contribution in [1.29, 1.82) is 0 Å². The molecule has 0 bridgehead atoms. The number of anilines is 1. The molecule has 2 aromatic carbocycles. The maximum atomic E-state index is 14.3. The first kappa shape index (κ1) is 23.4. The Morgan fingerprint density at radius 1 is 1.18 bits per heavy atom. The van der Waals surface area contributed by atoms with Gasteiger partial charge in [0.1, 0.15) is 11.6 Å². The number of likely N-dealkylation sites (tertiary alicyclic amines) is 1. The maximum Gasteiger partial charge on any atom is 0.296 e. The Hall–Kier alpha value is -3.78. The summed E-state index contributed by atoms with van der Waals surface area (Å²) in [5, 5.41) is 11.3. The minimum atomic E-state index is -1.87. The largest absolute Gasteiger partial charge is 0.507 e. The highest BCUT2D eigenvalue weighted by molar-refractivity contribution is 6.50. The maximum absolute atomic E-state index is 14.3. The number of amides is 2. The average Bonchev–Trinajstić information content (AvgIpc) is 3.18. The number of carbonyl (C=O) groups is 3. The molecule has 2 amide bonds. The molecule has 1 atom stereocenters. The summed E-state index contributed by atoms with van der Waals surface area (Å²) in [7, 11) is 3.62. The first-order valence-electron chi connectivity index (χ1n) is 10.9. The summed E-state index contributed by atoms with van der Waals surface area (Å²) in [6.07, 6.45) is 1.55. The van der Waals surface area contributed by atoms with Gasteiger partial charge in [0.05, 0.1) is 11.3 Å². The smallest absolute Gasteiger partial charge is 0.296 e. The SMILES string of the molecule is C=CCN1C(=O)C2(/C(=C(\O)c3ccc(C)c(F)c3)C(=O)C(=O)N2CCN(C)C)c2ccccc21. The number of aliphatic hydroxyl groups excluding tert-OH is 1. The van der Waals surface area contributed by atoms with Crippen LogP contribution in [-0.2, 0) is 19.9 Å². The van der Waals surface area contributed by atoms with Gasteiger partial charge < -0.3 is 19.8 Å². The van der Waals surface area contributed by atoms with Crippen molar-refractivity contribution in [3.05, 3.63) is 83.2 Å². The van der Waals surface area contributed by atoms with Gasteiger partial charge in [-0.3, -0.25) is 14.4 Å². The van der Waals surface area contributed by atoms with Gasteiger partial charge in [-0.25, -0.2) is 4.39 Å². The summed E-state index contributed by atoms with van der Waals surface area (Å²) in [6.45, 7) is 5.89. The quantitative estimate of drug-likeness (QED) is 0.308. The third kappa shape index (κ3) is 3.25. The zero-order valence-corrected chi connectivity index (χ0v) is 19.3. The molecule has 34 heavy (non-hydrogen) atoms. The number of carbonyl (C=O) groups excluding carboxylic acids is 3. The van der Waals surface area contributed by atoms with Crippen LogP contribution in [0.25, 0.3) is 5.76 Å². The van der Waals surface area contributed by atoms with Crippen molar-refractivity contribution in [2.75, 3.05) is 38.6 Å². The van der Waals surface area contributed by atoms with Crippen molar-refractivity contribution >= 4 is 29.0 Å². The molecule has 1 N–H and O–H groups in total. The molecule has 0 aromatic heterocycles. The number of hydrogen-bond acceptors (Lipinski definition) is 5. The number of fused-ring (bicyclic) bond motifs is 2. The van der Waals surface area contributed by atoms with Crippen LogP contribution in [0.4, 0.5) is 10.1 Å². The van der Waals surface area contributed by atoms with Gasteiger partial charge in [-0.2, -0.15) is 0 Å². The van der Waals surface area contributed by atoms with E-state index in [9.17, 15) is 23.9 Å². The van der Waals surface area contributed by atoms with E-state index in [2.05, 4.69) is 6.58 Å². The topological polar surface area (TPSA) is 81.2 Å². The fraction of sp³-hybridized carbons (Fsp3) is 0.269. The lowest BCUT2D eigenvalue weighted by Crippen LogP contribution is -2.53. The normalized spacial score (nSPS) is 21.1. The first-order chi connectivity index (χ1) is 16.2. The molecule has 1 spiro atoms. The summed E-state index contributed by atoms with van der Waals surface area (Å²) < 4.78 is 14.3. The van der Waals surface area contributed by atoms with Gasteiger partial charge in [-0.05, 0) is 38.7 Å². The number of likely N-dealkylation sites (N-methyl/N-ethyl adjacent to an activating group) is 1. The van der Waals surface area contributed by atoms with Crippen LogP contribution in [0.1, 0.15) is 16.7 Å². The number of para-hydroxylation sites is 1. The van der Waals surface area contributed by atoms with Crippen molar-refractivity contribution in [3.8, 4) is 0 Å². The second kappa shape index (κ2) is 8.53. The summed E-state index contributed by atoms with van der Waals surface area (Å²) in [5.74, 6) is -3.58. The van der Waals surface area contributed by atoms with Gasteiger partial charge in [-0.1, -0.05) is 36.4 Å². The molecule has 2 aliphatic heterocycles. The Bertz CT molecular complexity index is 1250. The van der Waals surface area contributed by atoms with Crippen molar-refractivity contribution < 1.29 is 23.9 Å². The van der Waals surface area contributed by atoms with E-state index in [1.165, 1.54) is 21.9 Å².